The maximum Gasteiger partial charge on any atom is 0.292 e. The summed E-state index contributed by atoms with van der Waals surface area (Å²) in [6.45, 7) is 5.00. The molecule has 18 heteroatoms. The number of nitro groups is 1. The zero-order chi connectivity index (χ0) is 39.9. The SMILES string of the molecule is CC(C)(C)[C@H](NC(=O)[C@@H](NC(=S)Nc1ccccc1[N+](=O)[O-])C1CCCCC1)C(=O)N1C[C@H](Oc2ccc(Cl)cn2)C[C@H]1C(=O)NCC(O)C(=O)NC1CC1. The van der Waals surface area contributed by atoms with E-state index >= 15 is 0 Å². The highest BCUT2D eigenvalue weighted by molar-refractivity contribution is 7.80. The number of thiocarbonyl (C=S) groups is 1. The first-order valence-electron chi connectivity index (χ1n) is 18.6. The third-order valence-electron chi connectivity index (χ3n) is 9.97. The molecule has 1 aromatic heterocycles. The molecule has 0 bridgehead atoms. The summed E-state index contributed by atoms with van der Waals surface area (Å²) >= 11 is 11.6. The normalized spacial score (nSPS) is 20.3. The Balaban J connectivity index is 1.35. The first kappa shape index (κ1) is 41.6. The minimum absolute atomic E-state index is 0.0127. The van der Waals surface area contributed by atoms with Crippen LogP contribution in [0, 0.1) is 21.4 Å². The third-order valence-corrected chi connectivity index (χ3v) is 10.4. The molecule has 16 nitrogen and oxygen atoms in total. The Kier molecular flexibility index (Phi) is 13.9. The summed E-state index contributed by atoms with van der Waals surface area (Å²) in [5.74, 6) is -2.13. The number of carbonyl (C=O) groups excluding carboxylic acids is 4. The van der Waals surface area contributed by atoms with Crippen molar-refractivity contribution >= 4 is 63.9 Å². The Morgan fingerprint density at radius 2 is 1.76 bits per heavy atom. The number of hydrogen-bond donors (Lipinski definition) is 6. The van der Waals surface area contributed by atoms with Gasteiger partial charge in [-0.2, -0.15) is 0 Å². The first-order valence-corrected chi connectivity index (χ1v) is 19.4. The summed E-state index contributed by atoms with van der Waals surface area (Å²) in [5, 5.41) is 36.7. The van der Waals surface area contributed by atoms with Crippen molar-refractivity contribution < 1.29 is 33.9 Å². The van der Waals surface area contributed by atoms with Gasteiger partial charge in [0.2, 0.25) is 23.6 Å². The van der Waals surface area contributed by atoms with Gasteiger partial charge in [0.15, 0.2) is 5.11 Å². The Labute approximate surface area is 330 Å². The molecule has 2 saturated carbocycles. The van der Waals surface area contributed by atoms with Gasteiger partial charge in [-0.3, -0.25) is 29.3 Å². The second-order valence-electron chi connectivity index (χ2n) is 15.4. The zero-order valence-corrected chi connectivity index (χ0v) is 32.7. The number of carbonyl (C=O) groups is 4. The molecule has 5 atom stereocenters. The van der Waals surface area contributed by atoms with Crippen molar-refractivity contribution in [3.8, 4) is 5.88 Å². The molecule has 5 rings (SSSR count). The Hall–Kier alpha value is -4.61. The number of nitro benzene ring substituents is 1. The molecular weight excluding hydrogens is 752 g/mol. The highest BCUT2D eigenvalue weighted by Gasteiger charge is 2.47. The van der Waals surface area contributed by atoms with E-state index in [0.29, 0.717) is 5.02 Å². The molecule has 6 N–H and O–H groups in total. The number of amides is 4. The molecule has 1 saturated heterocycles. The van der Waals surface area contributed by atoms with Gasteiger partial charge in [-0.15, -0.1) is 0 Å². The lowest BCUT2D eigenvalue weighted by Gasteiger charge is -2.37. The molecular formula is C37H49ClN8O8S. The highest BCUT2D eigenvalue weighted by atomic mass is 35.5. The quantitative estimate of drug-likeness (QED) is 0.0923. The van der Waals surface area contributed by atoms with Gasteiger partial charge >= 0.3 is 0 Å². The van der Waals surface area contributed by atoms with Crippen molar-refractivity contribution in [2.75, 3.05) is 18.4 Å². The summed E-state index contributed by atoms with van der Waals surface area (Å²) in [4.78, 5) is 71.6. The number of nitrogens with one attached hydrogen (secondary N) is 5. The van der Waals surface area contributed by atoms with Gasteiger partial charge in [-0.1, -0.05) is 63.8 Å². The molecule has 3 fully saturated rings. The number of para-hydroxylation sites is 2. The standard InChI is InChI=1S/C37H49ClN8O8S/c1-37(2,3)31(44-34(50)30(21-9-5-4-6-10-21)43-36(55)42-25-11-7-8-12-26(25)46(52)53)35(51)45-20-24(54-29-16-13-22(38)18-39-29)17-27(45)32(48)40-19-28(47)33(49)41-23-14-15-23/h7-8,11-13,16,18,21,23-24,27-28,30-31,47H,4-6,9-10,14-15,17,19-20H2,1-3H3,(H,40,48)(H,41,49)(H,44,50)(H2,42,43,55)/t24-,27+,28?,30+,31-/m1/s1. The van der Waals surface area contributed by atoms with E-state index in [4.69, 9.17) is 28.6 Å². The molecule has 1 unspecified atom stereocenters. The molecule has 0 radical (unpaired) electrons. The van der Waals surface area contributed by atoms with E-state index in [1.807, 2.05) is 0 Å². The van der Waals surface area contributed by atoms with Crippen LogP contribution in [0.25, 0.3) is 0 Å². The third kappa shape index (κ3) is 11.5. The van der Waals surface area contributed by atoms with Gasteiger partial charge in [0.25, 0.3) is 11.6 Å². The van der Waals surface area contributed by atoms with Gasteiger partial charge in [-0.25, -0.2) is 4.98 Å². The van der Waals surface area contributed by atoms with Crippen LogP contribution in [0.5, 0.6) is 5.88 Å². The second-order valence-corrected chi connectivity index (χ2v) is 16.2. The number of nitrogens with zero attached hydrogens (tertiary/aromatic N) is 3. The van der Waals surface area contributed by atoms with Crippen LogP contribution in [0.2, 0.25) is 5.02 Å². The number of benzene rings is 1. The van der Waals surface area contributed by atoms with Gasteiger partial charge in [0.1, 0.15) is 36.0 Å². The van der Waals surface area contributed by atoms with Crippen LogP contribution in [0.3, 0.4) is 0 Å². The fraction of sp³-hybridized carbons (Fsp3) is 0.568. The number of anilines is 1. The largest absolute Gasteiger partial charge is 0.472 e. The summed E-state index contributed by atoms with van der Waals surface area (Å²) in [7, 11) is 0. The molecule has 55 heavy (non-hydrogen) atoms. The number of pyridine rings is 1. The minimum Gasteiger partial charge on any atom is -0.472 e. The van der Waals surface area contributed by atoms with Crippen molar-refractivity contribution in [3.63, 3.8) is 0 Å². The maximum atomic E-state index is 14.6. The molecule has 0 spiro atoms. The Morgan fingerprint density at radius 3 is 2.40 bits per heavy atom. The van der Waals surface area contributed by atoms with E-state index in [0.717, 1.165) is 44.9 Å². The summed E-state index contributed by atoms with van der Waals surface area (Å²) in [5.41, 5.74) is -0.865. The highest BCUT2D eigenvalue weighted by Crippen LogP contribution is 2.31. The van der Waals surface area contributed by atoms with Gasteiger partial charge in [-0.05, 0) is 61.4 Å². The molecule has 1 aromatic carbocycles. The van der Waals surface area contributed by atoms with E-state index < -0.39 is 64.3 Å². The summed E-state index contributed by atoms with van der Waals surface area (Å²) in [6.07, 6.45) is 5.25. The smallest absolute Gasteiger partial charge is 0.292 e. The number of aliphatic hydroxyl groups excluding tert-OH is 1. The number of rotatable bonds is 14. The molecule has 1 aliphatic heterocycles. The molecule has 298 valence electrons. The van der Waals surface area contributed by atoms with E-state index in [-0.39, 0.29) is 53.8 Å². The van der Waals surface area contributed by atoms with Crippen LogP contribution < -0.4 is 31.3 Å². The zero-order valence-electron chi connectivity index (χ0n) is 31.1. The minimum atomic E-state index is -1.49. The van der Waals surface area contributed by atoms with Crippen molar-refractivity contribution in [3.05, 3.63) is 57.7 Å². The van der Waals surface area contributed by atoms with Crippen LogP contribution in [0.1, 0.15) is 72.1 Å². The number of likely N-dealkylation sites (tertiary alicyclic amines) is 1. The van der Waals surface area contributed by atoms with E-state index in [1.165, 1.54) is 29.3 Å². The summed E-state index contributed by atoms with van der Waals surface area (Å²) < 4.78 is 6.07. The Bertz CT molecular complexity index is 1730. The molecule has 2 aromatic rings. The molecule has 2 heterocycles. The maximum absolute atomic E-state index is 14.6. The van der Waals surface area contributed by atoms with Crippen LogP contribution >= 0.6 is 23.8 Å². The van der Waals surface area contributed by atoms with Crippen LogP contribution in [0.4, 0.5) is 11.4 Å². The van der Waals surface area contributed by atoms with Gasteiger partial charge < -0.3 is 41.3 Å². The fourth-order valence-corrected chi connectivity index (χ4v) is 7.21. The van der Waals surface area contributed by atoms with E-state index in [1.54, 1.807) is 39.0 Å². The fourth-order valence-electron chi connectivity index (χ4n) is 6.86. The van der Waals surface area contributed by atoms with Crippen LogP contribution in [-0.4, -0.2) is 98.1 Å². The monoisotopic (exact) mass is 800 g/mol. The predicted octanol–water partition coefficient (Wildman–Crippen LogP) is 3.21. The lowest BCUT2D eigenvalue weighted by atomic mass is 9.82. The summed E-state index contributed by atoms with van der Waals surface area (Å²) in [6, 6.07) is 6.15. The van der Waals surface area contributed by atoms with E-state index in [2.05, 4.69) is 31.6 Å². The lowest BCUT2D eigenvalue weighted by Crippen LogP contribution is -2.61. The number of halogens is 1. The lowest BCUT2D eigenvalue weighted by molar-refractivity contribution is -0.383. The van der Waals surface area contributed by atoms with Crippen LogP contribution in [0.15, 0.2) is 42.6 Å². The number of hydrogen-bond acceptors (Lipinski definition) is 10. The average Bonchev–Trinajstić information content (AvgIpc) is 3.87. The average molecular weight is 801 g/mol. The van der Waals surface area contributed by atoms with Crippen molar-refractivity contribution in [1.29, 1.82) is 0 Å². The number of ether oxygens (including phenoxy) is 1. The van der Waals surface area contributed by atoms with Crippen molar-refractivity contribution in [2.24, 2.45) is 11.3 Å². The molecule has 4 amide bonds. The number of aromatic nitrogens is 1. The second kappa shape index (κ2) is 18.3. The Morgan fingerprint density at radius 1 is 1.05 bits per heavy atom. The van der Waals surface area contributed by atoms with E-state index in [9.17, 15) is 34.4 Å². The van der Waals surface area contributed by atoms with Crippen molar-refractivity contribution in [1.82, 2.24) is 31.2 Å². The topological polar surface area (TPSA) is 217 Å². The predicted molar refractivity (Wildman–Crippen MR) is 208 cm³/mol. The van der Waals surface area contributed by atoms with Crippen molar-refractivity contribution in [2.45, 2.75) is 109 Å². The molecule has 2 aliphatic carbocycles. The van der Waals surface area contributed by atoms with Gasteiger partial charge in [0, 0.05) is 30.8 Å². The van der Waals surface area contributed by atoms with Crippen LogP contribution in [-0.2, 0) is 19.2 Å². The number of aliphatic hydroxyl groups is 1. The molecule has 3 aliphatic rings. The van der Waals surface area contributed by atoms with Gasteiger partial charge in [0.05, 0.1) is 23.0 Å². The first-order chi connectivity index (χ1) is 26.1.